The monoisotopic (exact) mass is 504 g/mol. The quantitative estimate of drug-likeness (QED) is 0.290. The summed E-state index contributed by atoms with van der Waals surface area (Å²) in [6.07, 6.45) is 1.90. The highest BCUT2D eigenvalue weighted by atomic mass is 32.2. The van der Waals surface area contributed by atoms with Gasteiger partial charge in [0.25, 0.3) is 11.8 Å². The fraction of sp³-hybridized carbons (Fsp3) is 0.125. The number of rotatable bonds is 6. The van der Waals surface area contributed by atoms with Crippen LogP contribution in [0.4, 0.5) is 5.69 Å². The van der Waals surface area contributed by atoms with E-state index in [9.17, 15) is 9.59 Å². The van der Waals surface area contributed by atoms with Crippen LogP contribution in [0.3, 0.4) is 0 Å². The number of carbonyl (C=O) groups is 2. The minimum absolute atomic E-state index is 0.0214. The minimum Gasteiger partial charge on any atom is -0.348 e. The molecule has 0 unspecified atom stereocenters. The van der Waals surface area contributed by atoms with Crippen molar-refractivity contribution in [3.8, 4) is 0 Å². The molecule has 0 atom stereocenters. The number of thioether (sulfide) groups is 1. The van der Waals surface area contributed by atoms with Crippen LogP contribution in [0.1, 0.15) is 38.2 Å². The Balaban J connectivity index is 1.33. The van der Waals surface area contributed by atoms with Gasteiger partial charge in [-0.15, -0.1) is 0 Å². The molecule has 4 aromatic rings. The molecule has 0 aromatic heterocycles. The van der Waals surface area contributed by atoms with E-state index in [-0.39, 0.29) is 11.8 Å². The zero-order chi connectivity index (χ0) is 25.8. The SMILES string of the molecule is Cc1ccc(CNC(=O)c2ccc(C=C3Sc4ccccc4N(Cc4ccccc4C)C3=O)cc2)cc1. The van der Waals surface area contributed by atoms with E-state index < -0.39 is 0 Å². The number of fused-ring (bicyclic) bond motifs is 1. The lowest BCUT2D eigenvalue weighted by atomic mass is 10.1. The van der Waals surface area contributed by atoms with Crippen LogP contribution in [0, 0.1) is 13.8 Å². The maximum Gasteiger partial charge on any atom is 0.265 e. The first kappa shape index (κ1) is 24.6. The van der Waals surface area contributed by atoms with Gasteiger partial charge in [-0.3, -0.25) is 9.59 Å². The molecule has 1 heterocycles. The Morgan fingerprint density at radius 2 is 1.57 bits per heavy atom. The molecule has 4 nitrogen and oxygen atoms in total. The van der Waals surface area contributed by atoms with Gasteiger partial charge in [-0.25, -0.2) is 0 Å². The van der Waals surface area contributed by atoms with Crippen molar-refractivity contribution in [3.63, 3.8) is 0 Å². The van der Waals surface area contributed by atoms with Crippen molar-refractivity contribution in [1.29, 1.82) is 0 Å². The lowest BCUT2D eigenvalue weighted by molar-refractivity contribution is -0.114. The molecule has 0 spiro atoms. The highest BCUT2D eigenvalue weighted by Gasteiger charge is 2.29. The van der Waals surface area contributed by atoms with E-state index in [0.29, 0.717) is 23.6 Å². The summed E-state index contributed by atoms with van der Waals surface area (Å²) in [5, 5.41) is 2.97. The molecule has 2 amide bonds. The summed E-state index contributed by atoms with van der Waals surface area (Å²) < 4.78 is 0. The average Bonchev–Trinajstić information content (AvgIpc) is 2.92. The van der Waals surface area contributed by atoms with Crippen molar-refractivity contribution in [2.45, 2.75) is 31.8 Å². The lowest BCUT2D eigenvalue weighted by Crippen LogP contribution is -2.33. The second-order valence-electron chi connectivity index (χ2n) is 9.19. The van der Waals surface area contributed by atoms with Gasteiger partial charge in [0.15, 0.2) is 0 Å². The molecule has 0 saturated carbocycles. The number of aryl methyl sites for hydroxylation is 2. The molecule has 0 aliphatic carbocycles. The maximum atomic E-state index is 13.6. The maximum absolute atomic E-state index is 13.6. The molecule has 1 aliphatic heterocycles. The number of anilines is 1. The third kappa shape index (κ3) is 5.68. The van der Waals surface area contributed by atoms with E-state index in [1.807, 2.05) is 90.7 Å². The van der Waals surface area contributed by atoms with Gasteiger partial charge in [0, 0.05) is 17.0 Å². The van der Waals surface area contributed by atoms with Gasteiger partial charge in [0.1, 0.15) is 0 Å². The highest BCUT2D eigenvalue weighted by molar-refractivity contribution is 8.04. The number of para-hydroxylation sites is 1. The van der Waals surface area contributed by atoms with Crippen LogP contribution >= 0.6 is 11.8 Å². The van der Waals surface area contributed by atoms with Crippen LogP contribution in [0.25, 0.3) is 6.08 Å². The highest BCUT2D eigenvalue weighted by Crippen LogP contribution is 2.42. The summed E-state index contributed by atoms with van der Waals surface area (Å²) in [4.78, 5) is 29.8. The summed E-state index contributed by atoms with van der Waals surface area (Å²) >= 11 is 1.49. The molecule has 1 N–H and O–H groups in total. The van der Waals surface area contributed by atoms with Crippen LogP contribution in [0.15, 0.2) is 107 Å². The number of carbonyl (C=O) groups excluding carboxylic acids is 2. The molecule has 1 aliphatic rings. The van der Waals surface area contributed by atoms with Gasteiger partial charge in [-0.2, -0.15) is 0 Å². The van der Waals surface area contributed by atoms with Gasteiger partial charge >= 0.3 is 0 Å². The van der Waals surface area contributed by atoms with Gasteiger partial charge in [-0.05, 0) is 66.4 Å². The number of nitrogens with zero attached hydrogens (tertiary/aromatic N) is 1. The second kappa shape index (κ2) is 10.9. The second-order valence-corrected chi connectivity index (χ2v) is 10.3. The van der Waals surface area contributed by atoms with E-state index in [1.54, 1.807) is 12.1 Å². The number of hydrogen-bond acceptors (Lipinski definition) is 3. The van der Waals surface area contributed by atoms with E-state index >= 15 is 0 Å². The van der Waals surface area contributed by atoms with Crippen molar-refractivity contribution >= 4 is 35.3 Å². The van der Waals surface area contributed by atoms with Crippen molar-refractivity contribution in [3.05, 3.63) is 135 Å². The molecule has 5 heteroatoms. The molecule has 5 rings (SSSR count). The largest absolute Gasteiger partial charge is 0.348 e. The summed E-state index contributed by atoms with van der Waals surface area (Å²) in [6.45, 7) is 5.10. The fourth-order valence-electron chi connectivity index (χ4n) is 4.25. The molecule has 0 saturated heterocycles. The van der Waals surface area contributed by atoms with Crippen LogP contribution in [-0.4, -0.2) is 11.8 Å². The zero-order valence-corrected chi connectivity index (χ0v) is 21.7. The Kier molecular flexibility index (Phi) is 7.24. The standard InChI is InChI=1S/C32H28N2O2S/c1-22-11-13-25(14-12-22)20-33-31(35)26-17-15-24(16-18-26)19-30-32(36)34(21-27-8-4-3-7-23(27)2)28-9-5-6-10-29(28)37-30/h3-19H,20-21H2,1-2H3,(H,33,35). The summed E-state index contributed by atoms with van der Waals surface area (Å²) in [6, 6.07) is 31.6. The first-order valence-electron chi connectivity index (χ1n) is 12.3. The molecule has 4 aromatic carbocycles. The molecular weight excluding hydrogens is 476 g/mol. The van der Waals surface area contributed by atoms with E-state index in [2.05, 4.69) is 24.4 Å². The third-order valence-corrected chi connectivity index (χ3v) is 7.54. The smallest absolute Gasteiger partial charge is 0.265 e. The predicted octanol–water partition coefficient (Wildman–Crippen LogP) is 6.91. The molecular formula is C32H28N2O2S. The molecule has 184 valence electrons. The van der Waals surface area contributed by atoms with Gasteiger partial charge < -0.3 is 10.2 Å². The van der Waals surface area contributed by atoms with Gasteiger partial charge in [0.05, 0.1) is 17.1 Å². The van der Waals surface area contributed by atoms with E-state index in [4.69, 9.17) is 0 Å². The van der Waals surface area contributed by atoms with Crippen LogP contribution < -0.4 is 10.2 Å². The van der Waals surface area contributed by atoms with E-state index in [1.165, 1.54) is 17.3 Å². The first-order chi connectivity index (χ1) is 18.0. The Morgan fingerprint density at radius 3 is 2.32 bits per heavy atom. The lowest BCUT2D eigenvalue weighted by Gasteiger charge is -2.31. The number of amides is 2. The summed E-state index contributed by atoms with van der Waals surface area (Å²) in [5.74, 6) is -0.145. The molecule has 0 radical (unpaired) electrons. The zero-order valence-electron chi connectivity index (χ0n) is 20.9. The Labute approximate surface area is 222 Å². The van der Waals surface area contributed by atoms with E-state index in [0.717, 1.165) is 32.8 Å². The van der Waals surface area contributed by atoms with Gasteiger partial charge in [0.2, 0.25) is 0 Å². The summed E-state index contributed by atoms with van der Waals surface area (Å²) in [5.41, 5.74) is 6.92. The first-order valence-corrected chi connectivity index (χ1v) is 13.1. The third-order valence-electron chi connectivity index (χ3n) is 6.47. The minimum atomic E-state index is -0.124. The van der Waals surface area contributed by atoms with Crippen molar-refractivity contribution in [1.82, 2.24) is 5.32 Å². The van der Waals surface area contributed by atoms with Crippen LogP contribution in [-0.2, 0) is 17.9 Å². The topological polar surface area (TPSA) is 49.4 Å². The van der Waals surface area contributed by atoms with Crippen molar-refractivity contribution in [2.24, 2.45) is 0 Å². The number of benzene rings is 4. The Hall–Kier alpha value is -4.09. The molecule has 37 heavy (non-hydrogen) atoms. The molecule has 0 bridgehead atoms. The average molecular weight is 505 g/mol. The van der Waals surface area contributed by atoms with Crippen LogP contribution in [0.2, 0.25) is 0 Å². The van der Waals surface area contributed by atoms with Crippen molar-refractivity contribution in [2.75, 3.05) is 4.90 Å². The number of nitrogens with one attached hydrogen (secondary N) is 1. The fourth-order valence-corrected chi connectivity index (χ4v) is 5.31. The van der Waals surface area contributed by atoms with Crippen LogP contribution in [0.5, 0.6) is 0 Å². The van der Waals surface area contributed by atoms with Crippen molar-refractivity contribution < 1.29 is 9.59 Å². The normalized spacial score (nSPS) is 13.9. The number of hydrogen-bond donors (Lipinski definition) is 1. The van der Waals surface area contributed by atoms with Gasteiger partial charge in [-0.1, -0.05) is 90.1 Å². The molecule has 0 fully saturated rings. The Bertz CT molecular complexity index is 1470. The summed E-state index contributed by atoms with van der Waals surface area (Å²) in [7, 11) is 0. The predicted molar refractivity (Wildman–Crippen MR) is 151 cm³/mol. The Morgan fingerprint density at radius 1 is 0.865 bits per heavy atom.